The molecule has 1 aromatic heterocycles. The Hall–Kier alpha value is -2.79. The van der Waals surface area contributed by atoms with Gasteiger partial charge in [-0.2, -0.15) is 0 Å². The molecule has 1 N–H and O–H groups in total. The third kappa shape index (κ3) is 4.80. The SMILES string of the molecule is COc1ccc2c(CC(=O)NCc3ccccc3CN3CCCCC3)coc2c1. The van der Waals surface area contributed by atoms with E-state index in [0.717, 1.165) is 28.8 Å². The molecule has 0 spiro atoms. The van der Waals surface area contributed by atoms with Crippen molar-refractivity contribution in [2.45, 2.75) is 38.8 Å². The molecule has 2 aromatic carbocycles. The Labute approximate surface area is 171 Å². The molecule has 29 heavy (non-hydrogen) atoms. The summed E-state index contributed by atoms with van der Waals surface area (Å²) in [5.41, 5.74) is 4.12. The van der Waals surface area contributed by atoms with Gasteiger partial charge in [-0.3, -0.25) is 9.69 Å². The van der Waals surface area contributed by atoms with Gasteiger partial charge in [0.15, 0.2) is 0 Å². The fourth-order valence-corrected chi connectivity index (χ4v) is 4.00. The number of carbonyl (C=O) groups is 1. The van der Waals surface area contributed by atoms with Crippen molar-refractivity contribution in [2.24, 2.45) is 0 Å². The number of piperidine rings is 1. The van der Waals surface area contributed by atoms with E-state index in [1.165, 1.54) is 43.5 Å². The number of fused-ring (bicyclic) bond motifs is 1. The molecule has 1 amide bonds. The fourth-order valence-electron chi connectivity index (χ4n) is 4.00. The maximum Gasteiger partial charge on any atom is 0.224 e. The molecule has 0 unspecified atom stereocenters. The highest BCUT2D eigenvalue weighted by Crippen LogP contribution is 2.26. The van der Waals surface area contributed by atoms with Gasteiger partial charge in [0.1, 0.15) is 11.3 Å². The molecule has 2 heterocycles. The maximum absolute atomic E-state index is 12.6. The molecule has 3 aromatic rings. The standard InChI is InChI=1S/C24H28N2O3/c1-28-21-9-10-22-20(17-29-23(22)14-21)13-24(27)25-15-18-7-3-4-8-19(18)16-26-11-5-2-6-12-26/h3-4,7-10,14,17H,2,5-6,11-13,15-16H2,1H3,(H,25,27). The zero-order valence-corrected chi connectivity index (χ0v) is 16.9. The van der Waals surface area contributed by atoms with Crippen molar-refractivity contribution in [3.05, 3.63) is 65.4 Å². The molecule has 1 saturated heterocycles. The van der Waals surface area contributed by atoms with Gasteiger partial charge in [0.05, 0.1) is 19.8 Å². The van der Waals surface area contributed by atoms with Gasteiger partial charge in [-0.1, -0.05) is 30.7 Å². The fraction of sp³-hybridized carbons (Fsp3) is 0.375. The smallest absolute Gasteiger partial charge is 0.224 e. The van der Waals surface area contributed by atoms with Gasteiger partial charge in [0.25, 0.3) is 0 Å². The minimum Gasteiger partial charge on any atom is -0.497 e. The van der Waals surface area contributed by atoms with Crippen LogP contribution in [0.25, 0.3) is 11.0 Å². The Morgan fingerprint density at radius 3 is 2.66 bits per heavy atom. The Morgan fingerprint density at radius 2 is 1.86 bits per heavy atom. The predicted molar refractivity (Wildman–Crippen MR) is 114 cm³/mol. The van der Waals surface area contributed by atoms with E-state index >= 15 is 0 Å². The summed E-state index contributed by atoms with van der Waals surface area (Å²) in [4.78, 5) is 15.1. The summed E-state index contributed by atoms with van der Waals surface area (Å²) in [6.07, 6.45) is 5.86. The average molecular weight is 392 g/mol. The number of amides is 1. The third-order valence-electron chi connectivity index (χ3n) is 5.65. The van der Waals surface area contributed by atoms with Gasteiger partial charge in [-0.25, -0.2) is 0 Å². The molecule has 0 saturated carbocycles. The second kappa shape index (κ2) is 9.14. The number of ether oxygens (including phenoxy) is 1. The monoisotopic (exact) mass is 392 g/mol. The minimum atomic E-state index is -0.00343. The average Bonchev–Trinajstić information content (AvgIpc) is 3.15. The summed E-state index contributed by atoms with van der Waals surface area (Å²) in [6, 6.07) is 14.1. The number of benzene rings is 2. The molecular formula is C24H28N2O3. The van der Waals surface area contributed by atoms with Crippen molar-refractivity contribution in [2.75, 3.05) is 20.2 Å². The van der Waals surface area contributed by atoms with Crippen molar-refractivity contribution in [1.82, 2.24) is 10.2 Å². The summed E-state index contributed by atoms with van der Waals surface area (Å²) in [7, 11) is 1.63. The number of nitrogens with zero attached hydrogens (tertiary/aromatic N) is 1. The quantitative estimate of drug-likeness (QED) is 0.652. The number of carbonyl (C=O) groups excluding carboxylic acids is 1. The van der Waals surface area contributed by atoms with Crippen LogP contribution in [0.4, 0.5) is 0 Å². The van der Waals surface area contributed by atoms with Gasteiger partial charge >= 0.3 is 0 Å². The number of hydrogen-bond acceptors (Lipinski definition) is 4. The van der Waals surface area contributed by atoms with Gasteiger partial charge in [0, 0.05) is 30.1 Å². The number of nitrogens with one attached hydrogen (secondary N) is 1. The first-order valence-electron chi connectivity index (χ1n) is 10.3. The summed E-state index contributed by atoms with van der Waals surface area (Å²) < 4.78 is 10.8. The molecular weight excluding hydrogens is 364 g/mol. The zero-order chi connectivity index (χ0) is 20.1. The lowest BCUT2D eigenvalue weighted by molar-refractivity contribution is -0.120. The van der Waals surface area contributed by atoms with Crippen LogP contribution in [0.2, 0.25) is 0 Å². The minimum absolute atomic E-state index is 0.00343. The molecule has 0 atom stereocenters. The Kier molecular flexibility index (Phi) is 6.15. The Bertz CT molecular complexity index is 973. The van der Waals surface area contributed by atoms with E-state index in [-0.39, 0.29) is 5.91 Å². The van der Waals surface area contributed by atoms with Crippen LogP contribution >= 0.6 is 0 Å². The Morgan fingerprint density at radius 1 is 1.07 bits per heavy atom. The first kappa shape index (κ1) is 19.5. The van der Waals surface area contributed by atoms with E-state index in [9.17, 15) is 4.79 Å². The van der Waals surface area contributed by atoms with Crippen LogP contribution in [0.1, 0.15) is 36.0 Å². The lowest BCUT2D eigenvalue weighted by Gasteiger charge is -2.27. The number of rotatable bonds is 7. The van der Waals surface area contributed by atoms with Crippen LogP contribution < -0.4 is 10.1 Å². The highest BCUT2D eigenvalue weighted by Gasteiger charge is 2.14. The number of hydrogen-bond donors (Lipinski definition) is 1. The van der Waals surface area contributed by atoms with Crippen LogP contribution in [0.5, 0.6) is 5.75 Å². The topological polar surface area (TPSA) is 54.7 Å². The van der Waals surface area contributed by atoms with E-state index in [4.69, 9.17) is 9.15 Å². The van der Waals surface area contributed by atoms with E-state index in [2.05, 4.69) is 28.4 Å². The van der Waals surface area contributed by atoms with E-state index < -0.39 is 0 Å². The van der Waals surface area contributed by atoms with Crippen molar-refractivity contribution < 1.29 is 13.9 Å². The lowest BCUT2D eigenvalue weighted by Crippen LogP contribution is -2.30. The second-order valence-electron chi connectivity index (χ2n) is 7.68. The molecule has 152 valence electrons. The second-order valence-corrected chi connectivity index (χ2v) is 7.68. The van der Waals surface area contributed by atoms with Crippen molar-refractivity contribution in [3.8, 4) is 5.75 Å². The first-order chi connectivity index (χ1) is 14.2. The largest absolute Gasteiger partial charge is 0.497 e. The van der Waals surface area contributed by atoms with Crippen LogP contribution in [0, 0.1) is 0 Å². The van der Waals surface area contributed by atoms with Crippen LogP contribution in [-0.2, 0) is 24.3 Å². The van der Waals surface area contributed by atoms with E-state index in [1.54, 1.807) is 13.4 Å². The predicted octanol–water partition coefficient (Wildman–Crippen LogP) is 4.29. The highest BCUT2D eigenvalue weighted by molar-refractivity contribution is 5.88. The summed E-state index contributed by atoms with van der Waals surface area (Å²) in [5.74, 6) is 0.740. The molecule has 5 heteroatoms. The summed E-state index contributed by atoms with van der Waals surface area (Å²) >= 11 is 0. The normalized spacial score (nSPS) is 14.8. The number of furan rings is 1. The van der Waals surface area contributed by atoms with Crippen molar-refractivity contribution in [3.63, 3.8) is 0 Å². The molecule has 5 nitrogen and oxygen atoms in total. The lowest BCUT2D eigenvalue weighted by atomic mass is 10.0. The molecule has 0 radical (unpaired) electrons. The third-order valence-corrected chi connectivity index (χ3v) is 5.65. The van der Waals surface area contributed by atoms with Gasteiger partial charge in [0.2, 0.25) is 5.91 Å². The first-order valence-corrected chi connectivity index (χ1v) is 10.3. The van der Waals surface area contributed by atoms with Gasteiger partial charge in [-0.15, -0.1) is 0 Å². The summed E-state index contributed by atoms with van der Waals surface area (Å²) in [6.45, 7) is 3.84. The molecule has 1 aliphatic rings. The van der Waals surface area contributed by atoms with E-state index in [0.29, 0.717) is 13.0 Å². The molecule has 1 aliphatic heterocycles. The van der Waals surface area contributed by atoms with Crippen molar-refractivity contribution >= 4 is 16.9 Å². The van der Waals surface area contributed by atoms with Crippen molar-refractivity contribution in [1.29, 1.82) is 0 Å². The Balaban J connectivity index is 1.37. The maximum atomic E-state index is 12.6. The van der Waals surface area contributed by atoms with Gasteiger partial charge in [-0.05, 0) is 49.2 Å². The number of methoxy groups -OCH3 is 1. The van der Waals surface area contributed by atoms with Crippen LogP contribution in [0.15, 0.2) is 53.1 Å². The molecule has 1 fully saturated rings. The highest BCUT2D eigenvalue weighted by atomic mass is 16.5. The molecule has 4 rings (SSSR count). The van der Waals surface area contributed by atoms with Crippen LogP contribution in [0.3, 0.4) is 0 Å². The van der Waals surface area contributed by atoms with E-state index in [1.807, 2.05) is 24.3 Å². The zero-order valence-electron chi connectivity index (χ0n) is 16.9. The van der Waals surface area contributed by atoms with Gasteiger partial charge < -0.3 is 14.5 Å². The number of likely N-dealkylation sites (tertiary alicyclic amines) is 1. The van der Waals surface area contributed by atoms with Crippen LogP contribution in [-0.4, -0.2) is 31.0 Å². The molecule has 0 aliphatic carbocycles. The molecule has 0 bridgehead atoms. The summed E-state index contributed by atoms with van der Waals surface area (Å²) in [5, 5.41) is 4.03.